The van der Waals surface area contributed by atoms with Crippen molar-refractivity contribution >= 4 is 17.3 Å². The highest BCUT2D eigenvalue weighted by atomic mass is 16.3. The van der Waals surface area contributed by atoms with Gasteiger partial charge in [-0.2, -0.15) is 0 Å². The summed E-state index contributed by atoms with van der Waals surface area (Å²) < 4.78 is 5.14. The molecule has 3 rings (SSSR count). The second-order valence-corrected chi connectivity index (χ2v) is 5.39. The van der Waals surface area contributed by atoms with E-state index in [0.717, 1.165) is 37.6 Å². The van der Waals surface area contributed by atoms with Crippen molar-refractivity contribution in [1.82, 2.24) is 0 Å². The molecule has 0 bridgehead atoms. The van der Waals surface area contributed by atoms with Crippen LogP contribution in [0.15, 0.2) is 47.1 Å². The van der Waals surface area contributed by atoms with E-state index in [1.165, 1.54) is 6.26 Å². The standard InChI is InChI=1S/C16H19N3O2/c1-18-8-10-19(11-9-18)14-6-3-2-5-13(14)17-16(20)15-7-4-12-21-15/h2-7,12H,8-11H2,1H3,(H,17,20)/p+1. The maximum absolute atomic E-state index is 12.1. The summed E-state index contributed by atoms with van der Waals surface area (Å²) in [5.74, 6) is 0.111. The molecule has 1 aliphatic heterocycles. The van der Waals surface area contributed by atoms with Crippen LogP contribution in [-0.4, -0.2) is 39.1 Å². The fraction of sp³-hybridized carbons (Fsp3) is 0.312. The summed E-state index contributed by atoms with van der Waals surface area (Å²) >= 11 is 0. The second-order valence-electron chi connectivity index (χ2n) is 5.39. The third-order valence-electron chi connectivity index (χ3n) is 3.85. The summed E-state index contributed by atoms with van der Waals surface area (Å²) in [5.41, 5.74) is 1.91. The lowest BCUT2D eigenvalue weighted by Gasteiger charge is -2.32. The van der Waals surface area contributed by atoms with E-state index in [9.17, 15) is 4.79 Å². The maximum Gasteiger partial charge on any atom is 0.291 e. The first-order valence-electron chi connectivity index (χ1n) is 7.24. The average Bonchev–Trinajstić information content (AvgIpc) is 3.03. The van der Waals surface area contributed by atoms with Gasteiger partial charge in [-0.05, 0) is 24.3 Å². The van der Waals surface area contributed by atoms with E-state index in [1.54, 1.807) is 17.0 Å². The minimum Gasteiger partial charge on any atom is -0.459 e. The monoisotopic (exact) mass is 286 g/mol. The first-order chi connectivity index (χ1) is 10.2. The molecule has 1 aliphatic rings. The number of rotatable bonds is 3. The molecule has 1 amide bonds. The Bertz CT molecular complexity index is 602. The summed E-state index contributed by atoms with van der Waals surface area (Å²) in [6.07, 6.45) is 1.50. The van der Waals surface area contributed by atoms with Crippen molar-refractivity contribution in [3.8, 4) is 0 Å². The molecule has 0 aliphatic carbocycles. The van der Waals surface area contributed by atoms with Crippen molar-refractivity contribution < 1.29 is 14.1 Å². The number of para-hydroxylation sites is 2. The van der Waals surface area contributed by atoms with Gasteiger partial charge in [0.1, 0.15) is 0 Å². The summed E-state index contributed by atoms with van der Waals surface area (Å²) in [6, 6.07) is 11.3. The van der Waals surface area contributed by atoms with Crippen molar-refractivity contribution in [3.63, 3.8) is 0 Å². The van der Waals surface area contributed by atoms with Gasteiger partial charge in [0.15, 0.2) is 5.76 Å². The highest BCUT2D eigenvalue weighted by Crippen LogP contribution is 2.26. The Balaban J connectivity index is 1.78. The van der Waals surface area contributed by atoms with Crippen LogP contribution >= 0.6 is 0 Å². The minimum absolute atomic E-state index is 0.216. The number of nitrogens with zero attached hydrogens (tertiary/aromatic N) is 1. The first-order valence-corrected chi connectivity index (χ1v) is 7.24. The number of carbonyl (C=O) groups excluding carboxylic acids is 1. The zero-order valence-electron chi connectivity index (χ0n) is 12.1. The number of nitrogens with one attached hydrogen (secondary N) is 2. The molecule has 2 N–H and O–H groups in total. The van der Waals surface area contributed by atoms with E-state index < -0.39 is 0 Å². The lowest BCUT2D eigenvalue weighted by molar-refractivity contribution is -0.880. The van der Waals surface area contributed by atoms with Crippen molar-refractivity contribution in [1.29, 1.82) is 0 Å². The van der Waals surface area contributed by atoms with Crippen LogP contribution < -0.4 is 15.1 Å². The van der Waals surface area contributed by atoms with E-state index in [-0.39, 0.29) is 5.91 Å². The number of hydrogen-bond acceptors (Lipinski definition) is 3. The van der Waals surface area contributed by atoms with E-state index in [4.69, 9.17) is 4.42 Å². The van der Waals surface area contributed by atoms with E-state index in [0.29, 0.717) is 5.76 Å². The molecule has 0 spiro atoms. The minimum atomic E-state index is -0.216. The van der Waals surface area contributed by atoms with Gasteiger partial charge < -0.3 is 19.5 Å². The maximum atomic E-state index is 12.1. The molecule has 110 valence electrons. The van der Waals surface area contributed by atoms with Gasteiger partial charge >= 0.3 is 0 Å². The van der Waals surface area contributed by atoms with Crippen LogP contribution in [0.2, 0.25) is 0 Å². The predicted molar refractivity (Wildman–Crippen MR) is 81.9 cm³/mol. The largest absolute Gasteiger partial charge is 0.459 e. The molecule has 5 heteroatoms. The molecule has 1 aromatic carbocycles. The van der Waals surface area contributed by atoms with E-state index in [1.807, 2.05) is 18.2 Å². The number of likely N-dealkylation sites (N-methyl/N-ethyl adjacent to an activating group) is 1. The van der Waals surface area contributed by atoms with Crippen molar-refractivity contribution in [2.75, 3.05) is 43.4 Å². The van der Waals surface area contributed by atoms with Gasteiger partial charge in [-0.1, -0.05) is 12.1 Å². The van der Waals surface area contributed by atoms with Crippen LogP contribution in [0.25, 0.3) is 0 Å². The smallest absolute Gasteiger partial charge is 0.291 e. The summed E-state index contributed by atoms with van der Waals surface area (Å²) in [7, 11) is 2.21. The molecule has 5 nitrogen and oxygen atoms in total. The van der Waals surface area contributed by atoms with Gasteiger partial charge in [0.05, 0.1) is 50.9 Å². The Morgan fingerprint density at radius 2 is 1.95 bits per heavy atom. The number of carbonyl (C=O) groups is 1. The van der Waals surface area contributed by atoms with Gasteiger partial charge in [-0.3, -0.25) is 4.79 Å². The number of piperazine rings is 1. The molecule has 2 heterocycles. The molecule has 0 radical (unpaired) electrons. The zero-order valence-corrected chi connectivity index (χ0v) is 12.1. The number of furan rings is 1. The van der Waals surface area contributed by atoms with E-state index in [2.05, 4.69) is 23.3 Å². The van der Waals surface area contributed by atoms with Crippen LogP contribution in [0.4, 0.5) is 11.4 Å². The van der Waals surface area contributed by atoms with Gasteiger partial charge in [0.25, 0.3) is 5.91 Å². The molecule has 0 atom stereocenters. The number of anilines is 2. The molecule has 0 unspecified atom stereocenters. The molecule has 0 saturated carbocycles. The molecular formula is C16H20N3O2+. The summed E-state index contributed by atoms with van der Waals surface area (Å²) in [6.45, 7) is 4.22. The number of amides is 1. The first kappa shape index (κ1) is 13.7. The molecule has 1 aromatic heterocycles. The van der Waals surface area contributed by atoms with Crippen LogP contribution in [0.1, 0.15) is 10.6 Å². The van der Waals surface area contributed by atoms with Crippen molar-refractivity contribution in [2.24, 2.45) is 0 Å². The molecule has 1 fully saturated rings. The highest BCUT2D eigenvalue weighted by molar-refractivity contribution is 6.04. The normalized spacial score (nSPS) is 16.0. The van der Waals surface area contributed by atoms with E-state index >= 15 is 0 Å². The van der Waals surface area contributed by atoms with Crippen LogP contribution in [0.5, 0.6) is 0 Å². The fourth-order valence-electron chi connectivity index (χ4n) is 2.58. The average molecular weight is 286 g/mol. The quantitative estimate of drug-likeness (QED) is 0.880. The Hall–Kier alpha value is -2.27. The fourth-order valence-corrected chi connectivity index (χ4v) is 2.58. The molecule has 1 saturated heterocycles. The highest BCUT2D eigenvalue weighted by Gasteiger charge is 2.20. The third-order valence-corrected chi connectivity index (χ3v) is 3.85. The van der Waals surface area contributed by atoms with Crippen LogP contribution in [0, 0.1) is 0 Å². The number of quaternary nitrogens is 1. The van der Waals surface area contributed by atoms with Gasteiger partial charge in [0.2, 0.25) is 0 Å². The Labute approximate surface area is 124 Å². The SMILES string of the molecule is C[NH+]1CCN(c2ccccc2NC(=O)c2ccco2)CC1. The Kier molecular flexibility index (Phi) is 3.92. The summed E-state index contributed by atoms with van der Waals surface area (Å²) in [4.78, 5) is 16.0. The van der Waals surface area contributed by atoms with Crippen molar-refractivity contribution in [2.45, 2.75) is 0 Å². The molecule has 2 aromatic rings. The lowest BCUT2D eigenvalue weighted by Crippen LogP contribution is -3.12. The zero-order chi connectivity index (χ0) is 14.7. The number of benzene rings is 1. The van der Waals surface area contributed by atoms with Crippen LogP contribution in [-0.2, 0) is 0 Å². The Morgan fingerprint density at radius 3 is 2.67 bits per heavy atom. The van der Waals surface area contributed by atoms with Gasteiger partial charge in [-0.25, -0.2) is 0 Å². The predicted octanol–water partition coefficient (Wildman–Crippen LogP) is 0.867. The van der Waals surface area contributed by atoms with Gasteiger partial charge in [0, 0.05) is 0 Å². The molecule has 21 heavy (non-hydrogen) atoms. The second kappa shape index (κ2) is 6.01. The molecular weight excluding hydrogens is 266 g/mol. The third kappa shape index (κ3) is 3.08. The number of hydrogen-bond donors (Lipinski definition) is 2. The van der Waals surface area contributed by atoms with Crippen molar-refractivity contribution in [3.05, 3.63) is 48.4 Å². The topological polar surface area (TPSA) is 49.9 Å². The van der Waals surface area contributed by atoms with Gasteiger partial charge in [-0.15, -0.1) is 0 Å². The Morgan fingerprint density at radius 1 is 1.19 bits per heavy atom. The summed E-state index contributed by atoms with van der Waals surface area (Å²) in [5, 5.41) is 2.94. The lowest BCUT2D eigenvalue weighted by atomic mass is 10.2. The van der Waals surface area contributed by atoms with Crippen LogP contribution in [0.3, 0.4) is 0 Å².